The molecule has 0 saturated carbocycles. The lowest BCUT2D eigenvalue weighted by atomic mass is 10.1. The standard InChI is InChI=1S/C12H13Cl2FN2O/c13-9-6-8(7-10(14)11(9)15)16-12(18)17-4-2-1-3-5-17/h6-7H,1-5H2,(H,16,18). The first-order valence-electron chi connectivity index (χ1n) is 5.78. The van der Waals surface area contributed by atoms with E-state index in [0.717, 1.165) is 32.4 Å². The van der Waals surface area contributed by atoms with Crippen LogP contribution in [0.3, 0.4) is 0 Å². The van der Waals surface area contributed by atoms with E-state index in [4.69, 9.17) is 23.2 Å². The van der Waals surface area contributed by atoms with Crippen LogP contribution in [-0.4, -0.2) is 24.0 Å². The Hall–Kier alpha value is -1.00. The summed E-state index contributed by atoms with van der Waals surface area (Å²) < 4.78 is 13.2. The zero-order valence-corrected chi connectivity index (χ0v) is 11.2. The van der Waals surface area contributed by atoms with Crippen LogP contribution in [0.2, 0.25) is 10.0 Å². The van der Waals surface area contributed by atoms with Gasteiger partial charge in [-0.15, -0.1) is 0 Å². The molecule has 0 atom stereocenters. The van der Waals surface area contributed by atoms with Crippen LogP contribution >= 0.6 is 23.2 Å². The molecule has 98 valence electrons. The fourth-order valence-corrected chi connectivity index (χ4v) is 2.41. The first kappa shape index (κ1) is 13.4. The van der Waals surface area contributed by atoms with Crippen molar-refractivity contribution in [1.82, 2.24) is 4.90 Å². The molecule has 1 aromatic rings. The number of nitrogens with zero attached hydrogens (tertiary/aromatic N) is 1. The fourth-order valence-electron chi connectivity index (χ4n) is 1.93. The second kappa shape index (κ2) is 5.76. The van der Waals surface area contributed by atoms with Crippen LogP contribution in [0.4, 0.5) is 14.9 Å². The minimum atomic E-state index is -0.672. The molecule has 0 radical (unpaired) electrons. The number of carbonyl (C=O) groups is 1. The number of rotatable bonds is 1. The molecule has 1 heterocycles. The Morgan fingerprint density at radius 1 is 1.17 bits per heavy atom. The highest BCUT2D eigenvalue weighted by atomic mass is 35.5. The highest BCUT2D eigenvalue weighted by molar-refractivity contribution is 6.35. The molecule has 0 unspecified atom stereocenters. The SMILES string of the molecule is O=C(Nc1cc(Cl)c(F)c(Cl)c1)N1CCCCC1. The number of carbonyl (C=O) groups excluding carboxylic acids is 1. The Morgan fingerprint density at radius 3 is 2.28 bits per heavy atom. The van der Waals surface area contributed by atoms with Crippen LogP contribution in [-0.2, 0) is 0 Å². The molecule has 2 amide bonds. The van der Waals surface area contributed by atoms with E-state index in [2.05, 4.69) is 5.32 Å². The van der Waals surface area contributed by atoms with Crippen molar-refractivity contribution in [3.8, 4) is 0 Å². The van der Waals surface area contributed by atoms with Crippen LogP contribution in [0, 0.1) is 5.82 Å². The number of amides is 2. The molecule has 1 aliphatic rings. The van der Waals surface area contributed by atoms with E-state index in [1.165, 1.54) is 12.1 Å². The van der Waals surface area contributed by atoms with Crippen molar-refractivity contribution >= 4 is 34.9 Å². The number of nitrogens with one attached hydrogen (secondary N) is 1. The number of hydrogen-bond donors (Lipinski definition) is 1. The molecular formula is C12H13Cl2FN2O. The summed E-state index contributed by atoms with van der Waals surface area (Å²) in [6.45, 7) is 1.49. The van der Waals surface area contributed by atoms with Crippen LogP contribution in [0.5, 0.6) is 0 Å². The normalized spacial score (nSPS) is 15.6. The van der Waals surface area contributed by atoms with Crippen molar-refractivity contribution in [3.63, 3.8) is 0 Å². The highest BCUT2D eigenvalue weighted by Crippen LogP contribution is 2.27. The molecule has 3 nitrogen and oxygen atoms in total. The molecule has 0 bridgehead atoms. The van der Waals surface area contributed by atoms with Gasteiger partial charge in [-0.25, -0.2) is 9.18 Å². The van der Waals surface area contributed by atoms with Crippen molar-refractivity contribution in [3.05, 3.63) is 28.0 Å². The lowest BCUT2D eigenvalue weighted by molar-refractivity contribution is 0.200. The van der Waals surface area contributed by atoms with E-state index in [9.17, 15) is 9.18 Å². The number of likely N-dealkylation sites (tertiary alicyclic amines) is 1. The summed E-state index contributed by atoms with van der Waals surface area (Å²) in [5, 5.41) is 2.47. The maximum absolute atomic E-state index is 13.2. The van der Waals surface area contributed by atoms with Gasteiger partial charge in [-0.2, -0.15) is 0 Å². The van der Waals surface area contributed by atoms with Gasteiger partial charge in [-0.05, 0) is 31.4 Å². The number of halogens is 3. The van der Waals surface area contributed by atoms with Gasteiger partial charge in [-0.1, -0.05) is 23.2 Å². The maximum atomic E-state index is 13.2. The largest absolute Gasteiger partial charge is 0.325 e. The fraction of sp³-hybridized carbons (Fsp3) is 0.417. The molecule has 1 saturated heterocycles. The van der Waals surface area contributed by atoms with Gasteiger partial charge in [-0.3, -0.25) is 0 Å². The second-order valence-electron chi connectivity index (χ2n) is 4.23. The van der Waals surface area contributed by atoms with Crippen molar-refractivity contribution in [2.24, 2.45) is 0 Å². The summed E-state index contributed by atoms with van der Waals surface area (Å²) in [6, 6.07) is 2.50. The number of benzene rings is 1. The van der Waals surface area contributed by atoms with Crippen LogP contribution in [0.25, 0.3) is 0 Å². The van der Waals surface area contributed by atoms with E-state index in [1.807, 2.05) is 0 Å². The lowest BCUT2D eigenvalue weighted by Gasteiger charge is -2.26. The van der Waals surface area contributed by atoms with E-state index in [0.29, 0.717) is 5.69 Å². The number of urea groups is 1. The summed E-state index contributed by atoms with van der Waals surface area (Å²) in [6.07, 6.45) is 3.18. The van der Waals surface area contributed by atoms with Gasteiger partial charge in [0.1, 0.15) is 0 Å². The Labute approximate surface area is 115 Å². The molecule has 1 aromatic carbocycles. The summed E-state index contributed by atoms with van der Waals surface area (Å²) in [7, 11) is 0. The Balaban J connectivity index is 2.06. The summed E-state index contributed by atoms with van der Waals surface area (Å²) in [5.41, 5.74) is 0.405. The minimum absolute atomic E-state index is 0.101. The molecular weight excluding hydrogens is 278 g/mol. The first-order chi connectivity index (χ1) is 8.58. The molecule has 1 N–H and O–H groups in total. The average Bonchev–Trinajstić information content (AvgIpc) is 2.37. The minimum Gasteiger partial charge on any atom is -0.325 e. The Morgan fingerprint density at radius 2 is 1.72 bits per heavy atom. The van der Waals surface area contributed by atoms with Gasteiger partial charge in [0.15, 0.2) is 5.82 Å². The van der Waals surface area contributed by atoms with Crippen molar-refractivity contribution in [2.45, 2.75) is 19.3 Å². The van der Waals surface area contributed by atoms with Gasteiger partial charge >= 0.3 is 6.03 Å². The third kappa shape index (κ3) is 3.06. The van der Waals surface area contributed by atoms with E-state index >= 15 is 0 Å². The molecule has 2 rings (SSSR count). The number of anilines is 1. The smallest absolute Gasteiger partial charge is 0.321 e. The summed E-state index contributed by atoms with van der Waals surface area (Å²) in [4.78, 5) is 13.6. The highest BCUT2D eigenvalue weighted by Gasteiger charge is 2.17. The summed E-state index contributed by atoms with van der Waals surface area (Å²) in [5.74, 6) is -0.672. The van der Waals surface area contributed by atoms with Crippen LogP contribution < -0.4 is 5.32 Å². The monoisotopic (exact) mass is 290 g/mol. The third-order valence-electron chi connectivity index (χ3n) is 2.88. The molecule has 1 fully saturated rings. The van der Waals surface area contributed by atoms with E-state index in [-0.39, 0.29) is 16.1 Å². The summed E-state index contributed by atoms with van der Waals surface area (Å²) >= 11 is 11.3. The van der Waals surface area contributed by atoms with Gasteiger partial charge < -0.3 is 10.2 Å². The van der Waals surface area contributed by atoms with Gasteiger partial charge in [0.05, 0.1) is 10.0 Å². The van der Waals surface area contributed by atoms with Crippen molar-refractivity contribution < 1.29 is 9.18 Å². The second-order valence-corrected chi connectivity index (χ2v) is 5.05. The molecule has 0 aromatic heterocycles. The van der Waals surface area contributed by atoms with Gasteiger partial charge in [0.25, 0.3) is 0 Å². The third-order valence-corrected chi connectivity index (χ3v) is 3.43. The molecule has 0 spiro atoms. The van der Waals surface area contributed by atoms with E-state index < -0.39 is 5.82 Å². The van der Waals surface area contributed by atoms with E-state index in [1.54, 1.807) is 4.90 Å². The van der Waals surface area contributed by atoms with Crippen LogP contribution in [0.1, 0.15) is 19.3 Å². The average molecular weight is 291 g/mol. The topological polar surface area (TPSA) is 32.3 Å². The lowest BCUT2D eigenvalue weighted by Crippen LogP contribution is -2.38. The molecule has 1 aliphatic heterocycles. The number of piperidine rings is 1. The zero-order chi connectivity index (χ0) is 13.1. The molecule has 0 aliphatic carbocycles. The quantitative estimate of drug-likeness (QED) is 0.774. The maximum Gasteiger partial charge on any atom is 0.321 e. The van der Waals surface area contributed by atoms with Gasteiger partial charge in [0, 0.05) is 18.8 Å². The Bertz CT molecular complexity index is 438. The zero-order valence-electron chi connectivity index (χ0n) is 9.68. The Kier molecular flexibility index (Phi) is 4.30. The predicted octanol–water partition coefficient (Wildman–Crippen LogP) is 4.15. The molecule has 6 heteroatoms. The first-order valence-corrected chi connectivity index (χ1v) is 6.54. The molecule has 18 heavy (non-hydrogen) atoms. The van der Waals surface area contributed by atoms with Crippen molar-refractivity contribution in [2.75, 3.05) is 18.4 Å². The number of hydrogen-bond acceptors (Lipinski definition) is 1. The van der Waals surface area contributed by atoms with Gasteiger partial charge in [0.2, 0.25) is 0 Å². The van der Waals surface area contributed by atoms with Crippen LogP contribution in [0.15, 0.2) is 12.1 Å². The predicted molar refractivity (Wildman–Crippen MR) is 70.9 cm³/mol. The van der Waals surface area contributed by atoms with Crippen molar-refractivity contribution in [1.29, 1.82) is 0 Å².